The van der Waals surface area contributed by atoms with Gasteiger partial charge in [-0.1, -0.05) is 19.1 Å². The van der Waals surface area contributed by atoms with Crippen molar-refractivity contribution in [1.29, 1.82) is 0 Å². The van der Waals surface area contributed by atoms with Gasteiger partial charge in [-0.2, -0.15) is 0 Å². The molecular formula is C16H26N2O. The van der Waals surface area contributed by atoms with Gasteiger partial charge in [-0.3, -0.25) is 0 Å². The number of benzene rings is 1. The maximum atomic E-state index is 5.68. The number of rotatable bonds is 5. The van der Waals surface area contributed by atoms with Gasteiger partial charge in [0.2, 0.25) is 0 Å². The summed E-state index contributed by atoms with van der Waals surface area (Å²) in [5.41, 5.74) is 1.14. The average Bonchev–Trinajstić information content (AvgIpc) is 2.66. The Kier molecular flexibility index (Phi) is 5.52. The Morgan fingerprint density at radius 3 is 2.84 bits per heavy atom. The summed E-state index contributed by atoms with van der Waals surface area (Å²) < 4.78 is 5.68. The van der Waals surface area contributed by atoms with Crippen LogP contribution >= 0.6 is 0 Å². The number of likely N-dealkylation sites (tertiary alicyclic amines) is 1. The summed E-state index contributed by atoms with van der Waals surface area (Å²) in [6.45, 7) is 8.60. The highest BCUT2D eigenvalue weighted by atomic mass is 16.5. The van der Waals surface area contributed by atoms with Gasteiger partial charge in [-0.15, -0.1) is 0 Å². The lowest BCUT2D eigenvalue weighted by molar-refractivity contribution is 0.300. The molecule has 1 saturated heterocycles. The van der Waals surface area contributed by atoms with E-state index < -0.39 is 0 Å². The summed E-state index contributed by atoms with van der Waals surface area (Å²) in [6.07, 6.45) is 3.74. The minimum Gasteiger partial charge on any atom is -0.492 e. The maximum Gasteiger partial charge on any atom is 0.142 e. The first-order chi connectivity index (χ1) is 9.33. The standard InChI is InChI=1S/C16H26N2O/c1-3-18-12-7-8-14(11-13-18)17-15-9-5-6-10-16(15)19-4-2/h5-6,9-10,14,17H,3-4,7-8,11-13H2,1-2H3. The Morgan fingerprint density at radius 2 is 2.05 bits per heavy atom. The van der Waals surface area contributed by atoms with Crippen molar-refractivity contribution in [2.45, 2.75) is 39.2 Å². The van der Waals surface area contributed by atoms with E-state index in [2.05, 4.69) is 29.3 Å². The molecule has 0 spiro atoms. The normalized spacial score (nSPS) is 20.8. The van der Waals surface area contributed by atoms with Gasteiger partial charge in [0.1, 0.15) is 5.75 Å². The molecule has 1 fully saturated rings. The summed E-state index contributed by atoms with van der Waals surface area (Å²) in [4.78, 5) is 2.54. The van der Waals surface area contributed by atoms with Gasteiger partial charge in [0.15, 0.2) is 0 Å². The predicted octanol–water partition coefficient (Wildman–Crippen LogP) is 3.37. The number of para-hydroxylation sites is 2. The van der Waals surface area contributed by atoms with Crippen LogP contribution in [-0.2, 0) is 0 Å². The largest absolute Gasteiger partial charge is 0.492 e. The molecule has 0 aliphatic carbocycles. The van der Waals surface area contributed by atoms with Crippen LogP contribution in [0.1, 0.15) is 33.1 Å². The minimum absolute atomic E-state index is 0.568. The van der Waals surface area contributed by atoms with E-state index in [1.807, 2.05) is 19.1 Å². The molecule has 3 nitrogen and oxygen atoms in total. The third kappa shape index (κ3) is 4.13. The highest BCUT2D eigenvalue weighted by Crippen LogP contribution is 2.26. The van der Waals surface area contributed by atoms with E-state index in [0.29, 0.717) is 12.6 Å². The van der Waals surface area contributed by atoms with Crippen molar-refractivity contribution >= 4 is 5.69 Å². The fourth-order valence-corrected chi connectivity index (χ4v) is 2.70. The Bertz CT molecular complexity index is 381. The summed E-state index contributed by atoms with van der Waals surface area (Å²) in [5, 5.41) is 3.67. The lowest BCUT2D eigenvalue weighted by atomic mass is 10.1. The van der Waals surface area contributed by atoms with E-state index in [9.17, 15) is 0 Å². The number of nitrogens with one attached hydrogen (secondary N) is 1. The van der Waals surface area contributed by atoms with E-state index in [0.717, 1.165) is 11.4 Å². The van der Waals surface area contributed by atoms with Crippen molar-refractivity contribution in [1.82, 2.24) is 4.90 Å². The van der Waals surface area contributed by atoms with Gasteiger partial charge in [0.25, 0.3) is 0 Å². The Balaban J connectivity index is 1.96. The zero-order valence-electron chi connectivity index (χ0n) is 12.2. The molecule has 3 heteroatoms. The number of anilines is 1. The third-order valence-electron chi connectivity index (χ3n) is 3.81. The van der Waals surface area contributed by atoms with Gasteiger partial charge in [0.05, 0.1) is 12.3 Å². The van der Waals surface area contributed by atoms with Crippen molar-refractivity contribution < 1.29 is 4.74 Å². The Labute approximate surface area is 116 Å². The van der Waals surface area contributed by atoms with Crippen LogP contribution in [0.25, 0.3) is 0 Å². The second-order valence-electron chi connectivity index (χ2n) is 5.14. The zero-order valence-corrected chi connectivity index (χ0v) is 12.2. The van der Waals surface area contributed by atoms with Gasteiger partial charge in [-0.05, 0) is 51.4 Å². The van der Waals surface area contributed by atoms with Crippen LogP contribution in [-0.4, -0.2) is 37.2 Å². The smallest absolute Gasteiger partial charge is 0.142 e. The van der Waals surface area contributed by atoms with Crippen LogP contribution < -0.4 is 10.1 Å². The molecule has 1 atom stereocenters. The average molecular weight is 262 g/mol. The first-order valence-corrected chi connectivity index (χ1v) is 7.54. The molecule has 1 N–H and O–H groups in total. The molecule has 1 aliphatic heterocycles. The lowest BCUT2D eigenvalue weighted by Gasteiger charge is -2.20. The summed E-state index contributed by atoms with van der Waals surface area (Å²) in [5.74, 6) is 0.974. The summed E-state index contributed by atoms with van der Waals surface area (Å²) in [6, 6.07) is 8.83. The van der Waals surface area contributed by atoms with Crippen LogP contribution in [0.4, 0.5) is 5.69 Å². The van der Waals surface area contributed by atoms with E-state index >= 15 is 0 Å². The maximum absolute atomic E-state index is 5.68. The number of hydrogen-bond donors (Lipinski definition) is 1. The highest BCUT2D eigenvalue weighted by molar-refractivity contribution is 5.56. The Morgan fingerprint density at radius 1 is 1.21 bits per heavy atom. The molecule has 0 aromatic heterocycles. The number of ether oxygens (including phenoxy) is 1. The minimum atomic E-state index is 0.568. The zero-order chi connectivity index (χ0) is 13.5. The van der Waals surface area contributed by atoms with Crippen molar-refractivity contribution in [2.24, 2.45) is 0 Å². The van der Waals surface area contributed by atoms with Gasteiger partial charge in [0, 0.05) is 12.6 Å². The first-order valence-electron chi connectivity index (χ1n) is 7.54. The van der Waals surface area contributed by atoms with E-state index in [1.165, 1.54) is 38.9 Å². The molecule has 1 aliphatic rings. The molecular weight excluding hydrogens is 236 g/mol. The van der Waals surface area contributed by atoms with Crippen molar-refractivity contribution in [3.8, 4) is 5.75 Å². The van der Waals surface area contributed by atoms with Crippen LogP contribution in [0.15, 0.2) is 24.3 Å². The molecule has 19 heavy (non-hydrogen) atoms. The van der Waals surface area contributed by atoms with Crippen LogP contribution in [0.2, 0.25) is 0 Å². The SMILES string of the molecule is CCOc1ccccc1NC1CCCN(CC)CC1. The fraction of sp³-hybridized carbons (Fsp3) is 0.625. The predicted molar refractivity (Wildman–Crippen MR) is 81.0 cm³/mol. The second-order valence-corrected chi connectivity index (χ2v) is 5.14. The summed E-state index contributed by atoms with van der Waals surface area (Å²) >= 11 is 0. The third-order valence-corrected chi connectivity index (χ3v) is 3.81. The topological polar surface area (TPSA) is 24.5 Å². The molecule has 1 unspecified atom stereocenters. The van der Waals surface area contributed by atoms with Crippen LogP contribution in [0, 0.1) is 0 Å². The number of nitrogens with zero attached hydrogens (tertiary/aromatic N) is 1. The molecule has 106 valence electrons. The molecule has 1 aromatic carbocycles. The monoisotopic (exact) mass is 262 g/mol. The van der Waals surface area contributed by atoms with E-state index in [-0.39, 0.29) is 0 Å². The molecule has 1 heterocycles. The van der Waals surface area contributed by atoms with Crippen molar-refractivity contribution in [3.63, 3.8) is 0 Å². The molecule has 2 rings (SSSR count). The first kappa shape index (κ1) is 14.2. The highest BCUT2D eigenvalue weighted by Gasteiger charge is 2.16. The van der Waals surface area contributed by atoms with E-state index in [4.69, 9.17) is 4.74 Å². The molecule has 0 amide bonds. The number of hydrogen-bond acceptors (Lipinski definition) is 3. The lowest BCUT2D eigenvalue weighted by Crippen LogP contribution is -2.26. The van der Waals surface area contributed by atoms with E-state index in [1.54, 1.807) is 0 Å². The molecule has 0 saturated carbocycles. The molecule has 0 radical (unpaired) electrons. The van der Waals surface area contributed by atoms with Gasteiger partial charge in [-0.25, -0.2) is 0 Å². The van der Waals surface area contributed by atoms with Crippen LogP contribution in [0.3, 0.4) is 0 Å². The second kappa shape index (κ2) is 7.39. The fourth-order valence-electron chi connectivity index (χ4n) is 2.70. The van der Waals surface area contributed by atoms with Crippen LogP contribution in [0.5, 0.6) is 5.75 Å². The van der Waals surface area contributed by atoms with Gasteiger partial charge >= 0.3 is 0 Å². The quantitative estimate of drug-likeness (QED) is 0.880. The van der Waals surface area contributed by atoms with Gasteiger partial charge < -0.3 is 15.0 Å². The molecule has 1 aromatic rings. The molecule has 0 bridgehead atoms. The Hall–Kier alpha value is -1.22. The summed E-state index contributed by atoms with van der Waals surface area (Å²) in [7, 11) is 0. The van der Waals surface area contributed by atoms with Crippen molar-refractivity contribution in [2.75, 3.05) is 31.6 Å². The van der Waals surface area contributed by atoms with Crippen molar-refractivity contribution in [3.05, 3.63) is 24.3 Å².